The molecule has 0 saturated carbocycles. The molecule has 1 aliphatic heterocycles. The van der Waals surface area contributed by atoms with E-state index >= 15 is 0 Å². The van der Waals surface area contributed by atoms with Crippen molar-refractivity contribution in [3.8, 4) is 0 Å². The van der Waals surface area contributed by atoms with Gasteiger partial charge in [0.05, 0.1) is 30.4 Å². The zero-order valence-electron chi connectivity index (χ0n) is 18.3. The van der Waals surface area contributed by atoms with Crippen molar-refractivity contribution in [1.82, 2.24) is 9.80 Å². The van der Waals surface area contributed by atoms with Gasteiger partial charge >= 0.3 is 6.18 Å². The Kier molecular flexibility index (Phi) is 8.21. The summed E-state index contributed by atoms with van der Waals surface area (Å²) >= 11 is 0. The number of amides is 2. The second kappa shape index (κ2) is 10.9. The largest absolute Gasteiger partial charge is 0.416 e. The van der Waals surface area contributed by atoms with Gasteiger partial charge in [-0.1, -0.05) is 0 Å². The van der Waals surface area contributed by atoms with Crippen LogP contribution in [0, 0.1) is 11.6 Å². The monoisotopic (exact) mass is 486 g/mol. The van der Waals surface area contributed by atoms with E-state index in [0.29, 0.717) is 6.07 Å². The van der Waals surface area contributed by atoms with Crippen LogP contribution in [0.15, 0.2) is 42.5 Å². The predicted octanol–water partition coefficient (Wildman–Crippen LogP) is 3.61. The van der Waals surface area contributed by atoms with Crippen LogP contribution < -0.4 is 0 Å². The van der Waals surface area contributed by atoms with Crippen molar-refractivity contribution >= 4 is 11.8 Å². The van der Waals surface area contributed by atoms with Gasteiger partial charge in [0, 0.05) is 44.9 Å². The number of morpholine rings is 1. The van der Waals surface area contributed by atoms with E-state index in [-0.39, 0.29) is 50.5 Å². The number of hydrogen-bond acceptors (Lipinski definition) is 4. The first kappa shape index (κ1) is 25.6. The molecule has 2 amide bonds. The molecule has 1 atom stereocenters. The molecular weight excluding hydrogens is 463 g/mol. The number of hydrogen-bond donors (Lipinski definition) is 0. The lowest BCUT2D eigenvalue weighted by Gasteiger charge is -2.36. The van der Waals surface area contributed by atoms with Crippen LogP contribution in [-0.2, 0) is 15.7 Å². The van der Waals surface area contributed by atoms with E-state index in [1.54, 1.807) is 0 Å². The maximum Gasteiger partial charge on any atom is 0.416 e. The smallest absolute Gasteiger partial charge is 0.383 e. The van der Waals surface area contributed by atoms with Crippen LogP contribution >= 0.6 is 0 Å². The molecule has 0 unspecified atom stereocenters. The Hall–Kier alpha value is -3.05. The molecule has 1 aliphatic rings. The summed E-state index contributed by atoms with van der Waals surface area (Å²) in [6.45, 7) is 0.681. The second-order valence-corrected chi connectivity index (χ2v) is 7.69. The molecule has 2 aromatic carbocycles. The SMILES string of the molecule is COCCN(C[C@@H]1CN(C(=O)c2ccc(F)cc2F)CCO1)C(=O)c1ccc(C(F)(F)F)cc1. The quantitative estimate of drug-likeness (QED) is 0.562. The average molecular weight is 486 g/mol. The molecule has 184 valence electrons. The van der Waals surface area contributed by atoms with E-state index in [1.165, 1.54) is 16.9 Å². The summed E-state index contributed by atoms with van der Waals surface area (Å²) < 4.78 is 76.4. The van der Waals surface area contributed by atoms with E-state index in [0.717, 1.165) is 36.4 Å². The van der Waals surface area contributed by atoms with Gasteiger partial charge in [0.2, 0.25) is 0 Å². The molecule has 6 nitrogen and oxygen atoms in total. The van der Waals surface area contributed by atoms with E-state index in [2.05, 4.69) is 0 Å². The Bertz CT molecular complexity index is 1010. The van der Waals surface area contributed by atoms with Crippen molar-refractivity contribution in [2.75, 3.05) is 46.5 Å². The molecule has 2 aromatic rings. The molecular formula is C23H23F5N2O4. The molecule has 0 aromatic heterocycles. The summed E-state index contributed by atoms with van der Waals surface area (Å²) in [7, 11) is 1.44. The van der Waals surface area contributed by atoms with Crippen molar-refractivity contribution in [3.63, 3.8) is 0 Å². The van der Waals surface area contributed by atoms with Crippen LogP contribution in [-0.4, -0.2) is 74.2 Å². The molecule has 11 heteroatoms. The highest BCUT2D eigenvalue weighted by molar-refractivity contribution is 5.95. The third-order valence-electron chi connectivity index (χ3n) is 5.32. The van der Waals surface area contributed by atoms with E-state index < -0.39 is 41.3 Å². The Morgan fingerprint density at radius 3 is 2.47 bits per heavy atom. The van der Waals surface area contributed by atoms with Crippen LogP contribution in [0.1, 0.15) is 26.3 Å². The van der Waals surface area contributed by atoms with Gasteiger partial charge in [0.1, 0.15) is 11.6 Å². The van der Waals surface area contributed by atoms with Crippen LogP contribution in [0.2, 0.25) is 0 Å². The van der Waals surface area contributed by atoms with Crippen molar-refractivity contribution in [1.29, 1.82) is 0 Å². The lowest BCUT2D eigenvalue weighted by Crippen LogP contribution is -2.51. The number of methoxy groups -OCH3 is 1. The molecule has 1 saturated heterocycles. The van der Waals surface area contributed by atoms with Gasteiger partial charge in [0.15, 0.2) is 0 Å². The van der Waals surface area contributed by atoms with Gasteiger partial charge in [-0.15, -0.1) is 0 Å². The second-order valence-electron chi connectivity index (χ2n) is 7.69. The van der Waals surface area contributed by atoms with Crippen molar-refractivity contribution in [3.05, 3.63) is 70.8 Å². The molecule has 0 N–H and O–H groups in total. The number of alkyl halides is 3. The highest BCUT2D eigenvalue weighted by Gasteiger charge is 2.32. The van der Waals surface area contributed by atoms with Gasteiger partial charge < -0.3 is 19.3 Å². The fourth-order valence-corrected chi connectivity index (χ4v) is 3.55. The number of benzene rings is 2. The molecule has 0 bridgehead atoms. The maximum atomic E-state index is 14.0. The van der Waals surface area contributed by atoms with Crippen molar-refractivity contribution in [2.45, 2.75) is 12.3 Å². The number of nitrogens with zero attached hydrogens (tertiary/aromatic N) is 2. The summed E-state index contributed by atoms with van der Waals surface area (Å²) in [6, 6.07) is 6.53. The minimum Gasteiger partial charge on any atom is -0.383 e. The van der Waals surface area contributed by atoms with Gasteiger partial charge in [0.25, 0.3) is 11.8 Å². The first-order valence-corrected chi connectivity index (χ1v) is 10.4. The molecule has 1 fully saturated rings. The lowest BCUT2D eigenvalue weighted by molar-refractivity contribution is -0.137. The fourth-order valence-electron chi connectivity index (χ4n) is 3.55. The number of ether oxygens (including phenoxy) is 2. The third-order valence-corrected chi connectivity index (χ3v) is 5.32. The Balaban J connectivity index is 1.71. The van der Waals surface area contributed by atoms with Gasteiger partial charge in [-0.25, -0.2) is 8.78 Å². The Morgan fingerprint density at radius 1 is 1.15 bits per heavy atom. The molecule has 3 rings (SSSR count). The first-order valence-electron chi connectivity index (χ1n) is 10.4. The highest BCUT2D eigenvalue weighted by Crippen LogP contribution is 2.29. The van der Waals surface area contributed by atoms with E-state index in [4.69, 9.17) is 9.47 Å². The molecule has 0 radical (unpaired) electrons. The number of halogens is 5. The Morgan fingerprint density at radius 2 is 1.85 bits per heavy atom. The zero-order valence-corrected chi connectivity index (χ0v) is 18.3. The van der Waals surface area contributed by atoms with E-state index in [9.17, 15) is 31.5 Å². The van der Waals surface area contributed by atoms with Crippen molar-refractivity contribution < 1.29 is 41.0 Å². The third kappa shape index (κ3) is 6.29. The van der Waals surface area contributed by atoms with Crippen LogP contribution in [0.3, 0.4) is 0 Å². The minimum atomic E-state index is -4.52. The minimum absolute atomic E-state index is 0.0267. The first-order chi connectivity index (χ1) is 16.1. The van der Waals surface area contributed by atoms with Gasteiger partial charge in [-0.2, -0.15) is 13.2 Å². The Labute approximate surface area is 192 Å². The summed E-state index contributed by atoms with van der Waals surface area (Å²) in [4.78, 5) is 28.4. The number of carbonyl (C=O) groups is 2. The maximum absolute atomic E-state index is 14.0. The molecule has 34 heavy (non-hydrogen) atoms. The topological polar surface area (TPSA) is 59.1 Å². The number of rotatable bonds is 7. The molecule has 1 heterocycles. The predicted molar refractivity (Wildman–Crippen MR) is 111 cm³/mol. The van der Waals surface area contributed by atoms with Crippen LogP contribution in [0.25, 0.3) is 0 Å². The fraction of sp³-hybridized carbons (Fsp3) is 0.391. The summed E-state index contributed by atoms with van der Waals surface area (Å²) in [5, 5.41) is 0. The highest BCUT2D eigenvalue weighted by atomic mass is 19.4. The average Bonchev–Trinajstić information content (AvgIpc) is 2.80. The normalized spacial score (nSPS) is 16.4. The van der Waals surface area contributed by atoms with Crippen molar-refractivity contribution in [2.24, 2.45) is 0 Å². The zero-order chi connectivity index (χ0) is 24.9. The van der Waals surface area contributed by atoms with Gasteiger partial charge in [-0.3, -0.25) is 9.59 Å². The summed E-state index contributed by atoms with van der Waals surface area (Å²) in [6.07, 6.45) is -5.15. The van der Waals surface area contributed by atoms with Crippen LogP contribution in [0.4, 0.5) is 22.0 Å². The molecule has 0 aliphatic carbocycles. The van der Waals surface area contributed by atoms with Crippen LogP contribution in [0.5, 0.6) is 0 Å². The summed E-state index contributed by atoms with van der Waals surface area (Å²) in [5.74, 6) is -2.94. The summed E-state index contributed by atoms with van der Waals surface area (Å²) in [5.41, 5.74) is -1.09. The standard InChI is InChI=1S/C23H23F5N2O4/c1-33-10-8-29(21(31)15-2-4-16(5-3-15)23(26,27)28)13-18-14-30(9-11-34-18)22(32)19-7-6-17(24)12-20(19)25/h2-7,12,18H,8-11,13-14H2,1H3/t18-/m1/s1. The molecule has 0 spiro atoms. The van der Waals surface area contributed by atoms with E-state index in [1.807, 2.05) is 0 Å². The number of carbonyl (C=O) groups excluding carboxylic acids is 2. The lowest BCUT2D eigenvalue weighted by atomic mass is 10.1. The van der Waals surface area contributed by atoms with Gasteiger partial charge in [-0.05, 0) is 36.4 Å².